The Morgan fingerprint density at radius 2 is 2.12 bits per heavy atom. The van der Waals surface area contributed by atoms with Crippen molar-refractivity contribution in [3.05, 3.63) is 17.7 Å². The number of esters is 1. The lowest BCUT2D eigenvalue weighted by atomic mass is 9.93. The Morgan fingerprint density at radius 1 is 1.50 bits per heavy atom. The zero-order chi connectivity index (χ0) is 12.0. The molecule has 0 bridgehead atoms. The van der Waals surface area contributed by atoms with E-state index in [1.54, 1.807) is 0 Å². The van der Waals surface area contributed by atoms with Crippen molar-refractivity contribution in [1.82, 2.24) is 9.97 Å². The van der Waals surface area contributed by atoms with Crippen LogP contribution >= 0.6 is 0 Å². The molecule has 0 spiro atoms. The fourth-order valence-electron chi connectivity index (χ4n) is 1.80. The third-order valence-electron chi connectivity index (χ3n) is 3.16. The number of H-pyrrole nitrogens is 1. The van der Waals surface area contributed by atoms with Gasteiger partial charge in [0.2, 0.25) is 0 Å². The van der Waals surface area contributed by atoms with Gasteiger partial charge in [0.1, 0.15) is 11.2 Å². The van der Waals surface area contributed by atoms with Gasteiger partial charge in [-0.05, 0) is 12.8 Å². The maximum atomic E-state index is 11.7. The minimum atomic E-state index is -0.488. The topological polar surface area (TPSA) is 55.0 Å². The second-order valence-electron chi connectivity index (χ2n) is 5.47. The molecule has 1 saturated carbocycles. The third kappa shape index (κ3) is 1.62. The molecule has 0 aliphatic heterocycles. The second kappa shape index (κ2) is 3.34. The highest BCUT2D eigenvalue weighted by Crippen LogP contribution is 2.48. The maximum absolute atomic E-state index is 11.7. The number of imidazole rings is 1. The molecule has 1 N–H and O–H groups in total. The number of carbonyl (C=O) groups is 1. The average molecular weight is 222 g/mol. The van der Waals surface area contributed by atoms with Gasteiger partial charge in [0.15, 0.2) is 0 Å². The normalized spacial score (nSPS) is 18.2. The molecule has 88 valence electrons. The van der Waals surface area contributed by atoms with E-state index in [1.807, 2.05) is 6.20 Å². The first-order valence-corrected chi connectivity index (χ1v) is 5.54. The van der Waals surface area contributed by atoms with Crippen LogP contribution in [-0.2, 0) is 20.4 Å². The molecule has 2 rings (SSSR count). The second-order valence-corrected chi connectivity index (χ2v) is 5.47. The number of nitrogens with one attached hydrogen (secondary N) is 1. The zero-order valence-corrected chi connectivity index (χ0v) is 10.3. The molecule has 1 aromatic rings. The van der Waals surface area contributed by atoms with Crippen LogP contribution in [0.1, 0.15) is 45.1 Å². The summed E-state index contributed by atoms with van der Waals surface area (Å²) >= 11 is 0. The van der Waals surface area contributed by atoms with Gasteiger partial charge in [-0.1, -0.05) is 20.8 Å². The SMILES string of the molecule is COC(=O)C1(c2ncc(C(C)(C)C)[nH]2)CC1. The van der Waals surface area contributed by atoms with Crippen molar-refractivity contribution in [3.63, 3.8) is 0 Å². The summed E-state index contributed by atoms with van der Waals surface area (Å²) in [5.41, 5.74) is 0.591. The molecule has 1 aliphatic rings. The lowest BCUT2D eigenvalue weighted by Crippen LogP contribution is -2.23. The highest BCUT2D eigenvalue weighted by Gasteiger charge is 2.55. The van der Waals surface area contributed by atoms with Crippen LogP contribution in [0.5, 0.6) is 0 Å². The van der Waals surface area contributed by atoms with Crippen LogP contribution < -0.4 is 0 Å². The van der Waals surface area contributed by atoms with E-state index in [2.05, 4.69) is 30.7 Å². The summed E-state index contributed by atoms with van der Waals surface area (Å²) in [6, 6.07) is 0. The van der Waals surface area contributed by atoms with Crippen molar-refractivity contribution >= 4 is 5.97 Å². The van der Waals surface area contributed by atoms with Crippen molar-refractivity contribution in [3.8, 4) is 0 Å². The van der Waals surface area contributed by atoms with Crippen LogP contribution in [0.15, 0.2) is 6.20 Å². The number of nitrogens with zero attached hydrogens (tertiary/aromatic N) is 1. The molecule has 4 nitrogen and oxygen atoms in total. The summed E-state index contributed by atoms with van der Waals surface area (Å²) in [4.78, 5) is 19.3. The fraction of sp³-hybridized carbons (Fsp3) is 0.667. The van der Waals surface area contributed by atoms with Crippen molar-refractivity contribution in [2.75, 3.05) is 7.11 Å². The molecule has 4 heteroatoms. The number of aromatic amines is 1. The van der Waals surface area contributed by atoms with Crippen LogP contribution in [0.2, 0.25) is 0 Å². The van der Waals surface area contributed by atoms with Gasteiger partial charge in [-0.25, -0.2) is 4.98 Å². The van der Waals surface area contributed by atoms with E-state index in [9.17, 15) is 4.79 Å². The first kappa shape index (κ1) is 11.2. The Morgan fingerprint density at radius 3 is 2.50 bits per heavy atom. The largest absolute Gasteiger partial charge is 0.468 e. The predicted octanol–water partition coefficient (Wildman–Crippen LogP) is 1.91. The van der Waals surface area contributed by atoms with E-state index in [4.69, 9.17) is 4.74 Å². The minimum absolute atomic E-state index is 0.0252. The van der Waals surface area contributed by atoms with Gasteiger partial charge in [-0.3, -0.25) is 4.79 Å². The quantitative estimate of drug-likeness (QED) is 0.778. The van der Waals surface area contributed by atoms with E-state index in [1.165, 1.54) is 7.11 Å². The molecular formula is C12H18N2O2. The van der Waals surface area contributed by atoms with Gasteiger partial charge < -0.3 is 9.72 Å². The number of ether oxygens (including phenoxy) is 1. The molecular weight excluding hydrogens is 204 g/mol. The molecule has 1 aromatic heterocycles. The van der Waals surface area contributed by atoms with E-state index < -0.39 is 5.41 Å². The molecule has 1 heterocycles. The minimum Gasteiger partial charge on any atom is -0.468 e. The van der Waals surface area contributed by atoms with Gasteiger partial charge in [-0.15, -0.1) is 0 Å². The average Bonchev–Trinajstić information content (AvgIpc) is 2.85. The van der Waals surface area contributed by atoms with E-state index in [0.29, 0.717) is 0 Å². The molecule has 0 amide bonds. The molecule has 0 unspecified atom stereocenters. The maximum Gasteiger partial charge on any atom is 0.319 e. The summed E-state index contributed by atoms with van der Waals surface area (Å²) in [6.07, 6.45) is 3.48. The highest BCUT2D eigenvalue weighted by atomic mass is 16.5. The molecule has 1 aliphatic carbocycles. The number of aromatic nitrogens is 2. The first-order chi connectivity index (χ1) is 7.40. The van der Waals surface area contributed by atoms with Gasteiger partial charge in [0, 0.05) is 17.3 Å². The van der Waals surface area contributed by atoms with Crippen molar-refractivity contribution in [2.45, 2.75) is 44.4 Å². The molecule has 16 heavy (non-hydrogen) atoms. The number of hydrogen-bond donors (Lipinski definition) is 1. The van der Waals surface area contributed by atoms with Crippen molar-refractivity contribution < 1.29 is 9.53 Å². The first-order valence-electron chi connectivity index (χ1n) is 5.54. The van der Waals surface area contributed by atoms with Crippen LogP contribution in [0.3, 0.4) is 0 Å². The molecule has 0 saturated heterocycles. The third-order valence-corrected chi connectivity index (χ3v) is 3.16. The highest BCUT2D eigenvalue weighted by molar-refractivity contribution is 5.85. The molecule has 0 aromatic carbocycles. The Bertz CT molecular complexity index is 411. The van der Waals surface area contributed by atoms with Crippen LogP contribution in [0, 0.1) is 0 Å². The summed E-state index contributed by atoms with van der Waals surface area (Å²) in [5, 5.41) is 0. The summed E-state index contributed by atoms with van der Waals surface area (Å²) in [7, 11) is 1.43. The van der Waals surface area contributed by atoms with Crippen LogP contribution in [-0.4, -0.2) is 23.0 Å². The smallest absolute Gasteiger partial charge is 0.319 e. The molecule has 0 radical (unpaired) electrons. The number of carbonyl (C=O) groups excluding carboxylic acids is 1. The zero-order valence-electron chi connectivity index (χ0n) is 10.3. The molecule has 0 atom stereocenters. The Labute approximate surface area is 95.4 Å². The summed E-state index contributed by atoms with van der Waals surface area (Å²) in [5.74, 6) is 0.576. The Hall–Kier alpha value is -1.32. The lowest BCUT2D eigenvalue weighted by molar-refractivity contribution is -0.143. The van der Waals surface area contributed by atoms with E-state index in [-0.39, 0.29) is 11.4 Å². The van der Waals surface area contributed by atoms with Gasteiger partial charge in [0.05, 0.1) is 7.11 Å². The van der Waals surface area contributed by atoms with Gasteiger partial charge in [0.25, 0.3) is 0 Å². The van der Waals surface area contributed by atoms with Gasteiger partial charge >= 0.3 is 5.97 Å². The number of rotatable bonds is 2. The molecule has 1 fully saturated rings. The van der Waals surface area contributed by atoms with E-state index >= 15 is 0 Å². The number of methoxy groups -OCH3 is 1. The predicted molar refractivity (Wildman–Crippen MR) is 60.2 cm³/mol. The number of hydrogen-bond acceptors (Lipinski definition) is 3. The Kier molecular flexibility index (Phi) is 2.33. The van der Waals surface area contributed by atoms with Crippen LogP contribution in [0.25, 0.3) is 0 Å². The Balaban J connectivity index is 2.30. The van der Waals surface area contributed by atoms with Crippen LogP contribution in [0.4, 0.5) is 0 Å². The van der Waals surface area contributed by atoms with E-state index in [0.717, 1.165) is 24.4 Å². The fourth-order valence-corrected chi connectivity index (χ4v) is 1.80. The monoisotopic (exact) mass is 222 g/mol. The van der Waals surface area contributed by atoms with Crippen molar-refractivity contribution in [2.24, 2.45) is 0 Å². The van der Waals surface area contributed by atoms with Crippen molar-refractivity contribution in [1.29, 1.82) is 0 Å². The van der Waals surface area contributed by atoms with Gasteiger partial charge in [-0.2, -0.15) is 0 Å². The summed E-state index contributed by atoms with van der Waals surface area (Å²) in [6.45, 7) is 6.34. The summed E-state index contributed by atoms with van der Waals surface area (Å²) < 4.78 is 4.83. The standard InChI is InChI=1S/C12H18N2O2/c1-11(2,3)8-7-13-9(14-8)12(5-6-12)10(15)16-4/h7H,5-6H2,1-4H3,(H,13,14). The lowest BCUT2D eigenvalue weighted by Gasteiger charge is -2.16.